The number of unbranched alkanes of at least 4 members (excludes halogenated alkanes) is 52. The van der Waals surface area contributed by atoms with Crippen molar-refractivity contribution in [3.8, 4) is 0 Å². The monoisotopic (exact) mass is 1020 g/mol. The van der Waals surface area contributed by atoms with Crippen molar-refractivity contribution in [3.05, 3.63) is 36.5 Å². The van der Waals surface area contributed by atoms with Gasteiger partial charge in [-0.05, 0) is 44.9 Å². The highest BCUT2D eigenvalue weighted by atomic mass is 16.3. The Morgan fingerprint density at radius 3 is 0.795 bits per heavy atom. The summed E-state index contributed by atoms with van der Waals surface area (Å²) in [7, 11) is 0. The molecule has 0 aromatic carbocycles. The molecule has 73 heavy (non-hydrogen) atoms. The second-order valence-corrected chi connectivity index (χ2v) is 23.2. The number of amides is 1. The fourth-order valence-corrected chi connectivity index (χ4v) is 10.7. The first-order valence-electron chi connectivity index (χ1n) is 33.7. The van der Waals surface area contributed by atoms with E-state index in [1.165, 1.54) is 321 Å². The lowest BCUT2D eigenvalue weighted by Gasteiger charge is -2.19. The molecule has 432 valence electrons. The van der Waals surface area contributed by atoms with Crippen LogP contribution in [0.2, 0.25) is 0 Å². The number of nitrogens with one attached hydrogen (secondary N) is 1. The molecule has 4 heteroatoms. The molecule has 2 unspecified atom stereocenters. The van der Waals surface area contributed by atoms with E-state index < -0.39 is 12.1 Å². The van der Waals surface area contributed by atoms with Crippen LogP contribution in [-0.2, 0) is 4.79 Å². The van der Waals surface area contributed by atoms with Crippen LogP contribution in [0.5, 0.6) is 0 Å². The van der Waals surface area contributed by atoms with Gasteiger partial charge in [-0.3, -0.25) is 4.79 Å². The minimum atomic E-state index is -0.870. The quantitative estimate of drug-likeness (QED) is 0.0420. The summed E-state index contributed by atoms with van der Waals surface area (Å²) in [5.41, 5.74) is 0. The van der Waals surface area contributed by atoms with Crippen LogP contribution in [0.25, 0.3) is 0 Å². The van der Waals surface area contributed by atoms with Crippen LogP contribution < -0.4 is 5.32 Å². The first-order chi connectivity index (χ1) is 36.2. The van der Waals surface area contributed by atoms with Gasteiger partial charge in [0.1, 0.15) is 0 Å². The number of aliphatic hydroxyl groups excluding tert-OH is 2. The first kappa shape index (κ1) is 71.6. The van der Waals surface area contributed by atoms with Crippen molar-refractivity contribution in [3.63, 3.8) is 0 Å². The molecule has 0 fully saturated rings. The molecule has 0 saturated heterocycles. The molecule has 1 amide bonds. The van der Waals surface area contributed by atoms with E-state index in [1.54, 1.807) is 6.08 Å². The van der Waals surface area contributed by atoms with E-state index in [1.807, 2.05) is 6.08 Å². The van der Waals surface area contributed by atoms with Crippen molar-refractivity contribution in [2.45, 2.75) is 392 Å². The predicted molar refractivity (Wildman–Crippen MR) is 327 cm³/mol. The fraction of sp³-hybridized carbons (Fsp3) is 0.899. The number of hydrogen-bond acceptors (Lipinski definition) is 3. The summed E-state index contributed by atoms with van der Waals surface area (Å²) in [5.74, 6) is -0.0698. The molecule has 0 bridgehead atoms. The molecule has 0 aliphatic rings. The maximum absolute atomic E-state index is 12.5. The average molecular weight is 1020 g/mol. The van der Waals surface area contributed by atoms with Crippen LogP contribution in [-0.4, -0.2) is 34.9 Å². The Morgan fingerprint density at radius 1 is 0.315 bits per heavy atom. The Labute approximate surface area is 459 Å². The van der Waals surface area contributed by atoms with Gasteiger partial charge >= 0.3 is 0 Å². The topological polar surface area (TPSA) is 69.6 Å². The summed E-state index contributed by atoms with van der Waals surface area (Å²) in [4.78, 5) is 12.5. The van der Waals surface area contributed by atoms with E-state index in [0.29, 0.717) is 6.42 Å². The van der Waals surface area contributed by atoms with Gasteiger partial charge in [-0.15, -0.1) is 0 Å². The molecule has 0 aromatic heterocycles. The van der Waals surface area contributed by atoms with Crippen LogP contribution in [0.3, 0.4) is 0 Å². The van der Waals surface area contributed by atoms with Gasteiger partial charge < -0.3 is 15.5 Å². The van der Waals surface area contributed by atoms with Crippen LogP contribution in [0, 0.1) is 0 Å². The molecule has 0 heterocycles. The van der Waals surface area contributed by atoms with Gasteiger partial charge in [0.05, 0.1) is 18.8 Å². The summed E-state index contributed by atoms with van der Waals surface area (Å²) in [5, 5.41) is 23.2. The summed E-state index contributed by atoms with van der Waals surface area (Å²) in [6.45, 7) is 4.34. The maximum Gasteiger partial charge on any atom is 0.220 e. The minimum absolute atomic E-state index is 0.0698. The van der Waals surface area contributed by atoms with Crippen LogP contribution in [0.15, 0.2) is 36.5 Å². The van der Waals surface area contributed by atoms with Crippen molar-refractivity contribution >= 4 is 5.91 Å². The Balaban J connectivity index is 3.46. The summed E-state index contributed by atoms with van der Waals surface area (Å²) < 4.78 is 0. The molecular weight excluding hydrogens is 891 g/mol. The van der Waals surface area contributed by atoms with Gasteiger partial charge in [0.25, 0.3) is 0 Å². The summed E-state index contributed by atoms with van der Waals surface area (Å²) in [6, 6.07) is -0.645. The van der Waals surface area contributed by atoms with Crippen molar-refractivity contribution in [1.82, 2.24) is 5.32 Å². The van der Waals surface area contributed by atoms with E-state index >= 15 is 0 Å². The highest BCUT2D eigenvalue weighted by molar-refractivity contribution is 5.76. The van der Waals surface area contributed by atoms with Crippen molar-refractivity contribution < 1.29 is 15.0 Å². The van der Waals surface area contributed by atoms with Crippen LogP contribution >= 0.6 is 0 Å². The van der Waals surface area contributed by atoms with Crippen molar-refractivity contribution in [2.24, 2.45) is 0 Å². The normalized spacial score (nSPS) is 12.9. The first-order valence-corrected chi connectivity index (χ1v) is 33.7. The second-order valence-electron chi connectivity index (χ2n) is 23.2. The standard InChI is InChI=1S/C69H133NO3/c1-3-5-7-9-11-13-15-17-19-21-23-25-27-29-31-33-34-35-36-37-39-41-43-45-47-49-51-53-55-57-59-61-63-65-69(73)70-67(66-71)68(72)64-62-60-58-56-54-52-50-48-46-44-42-40-38-32-30-28-26-24-22-20-18-16-14-12-10-8-6-4-2/h46,48,54,56,62,64,67-68,71-72H,3-45,47,49-53,55,57-61,63,65-66H2,1-2H3,(H,70,73)/b48-46+,56-54+,64-62+. The van der Waals surface area contributed by atoms with Crippen LogP contribution in [0.4, 0.5) is 0 Å². The smallest absolute Gasteiger partial charge is 0.220 e. The molecule has 4 nitrogen and oxygen atoms in total. The Hall–Kier alpha value is -1.39. The predicted octanol–water partition coefficient (Wildman–Crippen LogP) is 22.8. The number of carbonyl (C=O) groups is 1. The number of carbonyl (C=O) groups excluding carboxylic acids is 1. The third kappa shape index (κ3) is 61.3. The Bertz CT molecular complexity index is 1110. The van der Waals surface area contributed by atoms with Crippen molar-refractivity contribution in [1.29, 1.82) is 0 Å². The summed E-state index contributed by atoms with van der Waals surface area (Å²) in [6.07, 6.45) is 89.5. The van der Waals surface area contributed by atoms with Crippen molar-refractivity contribution in [2.75, 3.05) is 6.61 Å². The second kappa shape index (κ2) is 64.9. The van der Waals surface area contributed by atoms with Gasteiger partial charge in [-0.1, -0.05) is 365 Å². The lowest BCUT2D eigenvalue weighted by Crippen LogP contribution is -2.45. The Morgan fingerprint density at radius 2 is 0.534 bits per heavy atom. The third-order valence-corrected chi connectivity index (χ3v) is 15.9. The van der Waals surface area contributed by atoms with E-state index in [-0.39, 0.29) is 12.5 Å². The zero-order chi connectivity index (χ0) is 52.7. The number of hydrogen-bond donors (Lipinski definition) is 3. The molecule has 2 atom stereocenters. The minimum Gasteiger partial charge on any atom is -0.394 e. The molecule has 0 spiro atoms. The van der Waals surface area contributed by atoms with E-state index in [4.69, 9.17) is 0 Å². The molecule has 0 aliphatic heterocycles. The van der Waals surface area contributed by atoms with E-state index in [0.717, 1.165) is 38.5 Å². The van der Waals surface area contributed by atoms with Gasteiger partial charge in [0.2, 0.25) is 5.91 Å². The molecule has 0 rings (SSSR count). The molecule has 0 aliphatic carbocycles. The highest BCUT2D eigenvalue weighted by Gasteiger charge is 2.18. The van der Waals surface area contributed by atoms with Gasteiger partial charge in [0, 0.05) is 6.42 Å². The lowest BCUT2D eigenvalue weighted by atomic mass is 10.0. The maximum atomic E-state index is 12.5. The summed E-state index contributed by atoms with van der Waals surface area (Å²) >= 11 is 0. The highest BCUT2D eigenvalue weighted by Crippen LogP contribution is 2.19. The largest absolute Gasteiger partial charge is 0.394 e. The zero-order valence-corrected chi connectivity index (χ0v) is 49.9. The number of allylic oxidation sites excluding steroid dienone is 5. The van der Waals surface area contributed by atoms with Crippen LogP contribution in [0.1, 0.15) is 380 Å². The van der Waals surface area contributed by atoms with Gasteiger partial charge in [-0.25, -0.2) is 0 Å². The van der Waals surface area contributed by atoms with E-state index in [9.17, 15) is 15.0 Å². The molecule has 3 N–H and O–H groups in total. The van der Waals surface area contributed by atoms with E-state index in [2.05, 4.69) is 43.5 Å². The Kier molecular flexibility index (Phi) is 63.7. The SMILES string of the molecule is CCCCCCCCCCCCCCCCCCCC/C=C/CC/C=C/CC/C=C/C(O)C(CO)NC(=O)CCCCCCCCCCCCCCCCCCCCCCCCCCCCCCCCCCC. The number of rotatable bonds is 63. The molecule has 0 aromatic rings. The molecular formula is C69H133NO3. The average Bonchev–Trinajstić information content (AvgIpc) is 3.40. The zero-order valence-electron chi connectivity index (χ0n) is 49.9. The van der Waals surface area contributed by atoms with Gasteiger partial charge in [-0.2, -0.15) is 0 Å². The van der Waals surface area contributed by atoms with Gasteiger partial charge in [0.15, 0.2) is 0 Å². The molecule has 0 radical (unpaired) electrons. The third-order valence-electron chi connectivity index (χ3n) is 15.9. The fourth-order valence-electron chi connectivity index (χ4n) is 10.7. The molecule has 0 saturated carbocycles. The lowest BCUT2D eigenvalue weighted by molar-refractivity contribution is -0.123. The number of aliphatic hydroxyl groups is 2.